The smallest absolute Gasteiger partial charge is 0.220 e. The van der Waals surface area contributed by atoms with E-state index in [1.807, 2.05) is 51.2 Å². The van der Waals surface area contributed by atoms with Crippen molar-refractivity contribution in [1.82, 2.24) is 20.3 Å². The predicted molar refractivity (Wildman–Crippen MR) is 102 cm³/mol. The number of nitrogens with one attached hydrogen (secondary N) is 1. The number of hydrogen-bond acceptors (Lipinski definition) is 6. The summed E-state index contributed by atoms with van der Waals surface area (Å²) in [5.74, 6) is 0.886. The summed E-state index contributed by atoms with van der Waals surface area (Å²) in [6, 6.07) is 3.86. The summed E-state index contributed by atoms with van der Waals surface area (Å²) in [5, 5.41) is 3.75. The zero-order chi connectivity index (χ0) is 18.4. The maximum Gasteiger partial charge on any atom is 0.220 e. The maximum absolute atomic E-state index is 12.2. The molecule has 0 spiro atoms. The first kappa shape index (κ1) is 19.2. The first-order valence-electron chi connectivity index (χ1n) is 8.18. The molecular weight excluding hydrogens is 334 g/mol. The fourth-order valence-electron chi connectivity index (χ4n) is 2.65. The average molecular weight is 359 g/mol. The summed E-state index contributed by atoms with van der Waals surface area (Å²) < 4.78 is 0. The second kappa shape index (κ2) is 8.80. The van der Waals surface area contributed by atoms with Crippen LogP contribution in [0.1, 0.15) is 28.9 Å². The van der Waals surface area contributed by atoms with E-state index in [4.69, 9.17) is 0 Å². The summed E-state index contributed by atoms with van der Waals surface area (Å²) in [5.41, 5.74) is 3.96. The fraction of sp³-hybridized carbons (Fsp3) is 0.444. The molecule has 0 bridgehead atoms. The van der Waals surface area contributed by atoms with Crippen molar-refractivity contribution >= 4 is 23.5 Å². The minimum Gasteiger partial charge on any atom is -0.362 e. The van der Waals surface area contributed by atoms with E-state index in [2.05, 4.69) is 20.3 Å². The third-order valence-corrected chi connectivity index (χ3v) is 4.50. The highest BCUT2D eigenvalue weighted by molar-refractivity contribution is 7.98. The van der Waals surface area contributed by atoms with E-state index in [1.54, 1.807) is 6.20 Å². The van der Waals surface area contributed by atoms with E-state index in [-0.39, 0.29) is 5.91 Å². The molecule has 2 aromatic heterocycles. The molecule has 25 heavy (non-hydrogen) atoms. The van der Waals surface area contributed by atoms with Gasteiger partial charge in [-0.05, 0) is 38.2 Å². The minimum atomic E-state index is 0.0151. The van der Waals surface area contributed by atoms with Crippen LogP contribution in [0.4, 0.5) is 5.82 Å². The lowest BCUT2D eigenvalue weighted by atomic mass is 10.1. The third kappa shape index (κ3) is 5.16. The van der Waals surface area contributed by atoms with Crippen molar-refractivity contribution in [2.75, 3.05) is 25.3 Å². The summed E-state index contributed by atoms with van der Waals surface area (Å²) in [4.78, 5) is 27.4. The summed E-state index contributed by atoms with van der Waals surface area (Å²) in [7, 11) is 3.88. The van der Waals surface area contributed by atoms with E-state index < -0.39 is 0 Å². The van der Waals surface area contributed by atoms with Gasteiger partial charge in [-0.1, -0.05) is 17.8 Å². The number of hydrogen-bond donors (Lipinski definition) is 1. The van der Waals surface area contributed by atoms with E-state index in [0.717, 1.165) is 33.5 Å². The Morgan fingerprint density at radius 2 is 1.92 bits per heavy atom. The number of pyridine rings is 1. The van der Waals surface area contributed by atoms with Gasteiger partial charge in [0.2, 0.25) is 5.91 Å². The van der Waals surface area contributed by atoms with E-state index in [9.17, 15) is 4.79 Å². The summed E-state index contributed by atoms with van der Waals surface area (Å²) >= 11 is 1.53. The molecule has 0 atom stereocenters. The molecule has 134 valence electrons. The first-order chi connectivity index (χ1) is 11.9. The SMILES string of the molecule is CSc1nc(C)c(CCC(=O)NCc2cccnc2N(C)C)c(C)n1. The van der Waals surface area contributed by atoms with Crippen molar-refractivity contribution in [3.63, 3.8) is 0 Å². The third-order valence-electron chi connectivity index (χ3n) is 3.95. The van der Waals surface area contributed by atoms with Crippen LogP contribution in [0.5, 0.6) is 0 Å². The Morgan fingerprint density at radius 1 is 1.24 bits per heavy atom. The van der Waals surface area contributed by atoms with Crippen LogP contribution in [-0.2, 0) is 17.8 Å². The van der Waals surface area contributed by atoms with E-state index in [1.165, 1.54) is 11.8 Å². The zero-order valence-electron chi connectivity index (χ0n) is 15.5. The van der Waals surface area contributed by atoms with Gasteiger partial charge >= 0.3 is 0 Å². The topological polar surface area (TPSA) is 71.0 Å². The molecule has 0 aliphatic heterocycles. The largest absolute Gasteiger partial charge is 0.362 e. The summed E-state index contributed by atoms with van der Waals surface area (Å²) in [6.45, 7) is 4.42. The zero-order valence-corrected chi connectivity index (χ0v) is 16.3. The van der Waals surface area contributed by atoms with E-state index in [0.29, 0.717) is 19.4 Å². The Bertz CT molecular complexity index is 725. The van der Waals surface area contributed by atoms with Crippen LogP contribution in [0.3, 0.4) is 0 Å². The quantitative estimate of drug-likeness (QED) is 0.605. The number of nitrogens with zero attached hydrogens (tertiary/aromatic N) is 4. The molecule has 0 saturated heterocycles. The highest BCUT2D eigenvalue weighted by Gasteiger charge is 2.11. The van der Waals surface area contributed by atoms with Crippen LogP contribution in [0.15, 0.2) is 23.5 Å². The van der Waals surface area contributed by atoms with Crippen molar-refractivity contribution < 1.29 is 4.79 Å². The Kier molecular flexibility index (Phi) is 6.75. The Labute approximate surface area is 153 Å². The van der Waals surface area contributed by atoms with Crippen molar-refractivity contribution in [3.05, 3.63) is 40.8 Å². The minimum absolute atomic E-state index is 0.0151. The van der Waals surface area contributed by atoms with Crippen LogP contribution in [-0.4, -0.2) is 41.2 Å². The molecule has 0 unspecified atom stereocenters. The van der Waals surface area contributed by atoms with Gasteiger partial charge in [0, 0.05) is 50.2 Å². The van der Waals surface area contributed by atoms with Crippen molar-refractivity contribution in [3.8, 4) is 0 Å². The van der Waals surface area contributed by atoms with Crippen LogP contribution < -0.4 is 10.2 Å². The van der Waals surface area contributed by atoms with Crippen molar-refractivity contribution in [1.29, 1.82) is 0 Å². The molecule has 0 aliphatic rings. The molecule has 2 aromatic rings. The summed E-state index contributed by atoms with van der Waals surface area (Å²) in [6.07, 6.45) is 4.78. The first-order valence-corrected chi connectivity index (χ1v) is 9.41. The van der Waals surface area contributed by atoms with E-state index >= 15 is 0 Å². The van der Waals surface area contributed by atoms with Gasteiger partial charge in [0.25, 0.3) is 0 Å². The molecule has 2 heterocycles. The molecule has 0 aliphatic carbocycles. The predicted octanol–water partition coefficient (Wildman–Crippen LogP) is 2.53. The van der Waals surface area contributed by atoms with Gasteiger partial charge < -0.3 is 10.2 Å². The number of rotatable bonds is 7. The fourth-order valence-corrected chi connectivity index (χ4v) is 3.11. The molecule has 1 N–H and O–H groups in total. The van der Waals surface area contributed by atoms with Gasteiger partial charge in [-0.3, -0.25) is 4.79 Å². The lowest BCUT2D eigenvalue weighted by molar-refractivity contribution is -0.121. The number of aromatic nitrogens is 3. The van der Waals surface area contributed by atoms with Gasteiger partial charge in [0.05, 0.1) is 0 Å². The number of carbonyl (C=O) groups is 1. The normalized spacial score (nSPS) is 10.6. The number of anilines is 1. The van der Waals surface area contributed by atoms with Crippen molar-refractivity contribution in [2.24, 2.45) is 0 Å². The number of aryl methyl sites for hydroxylation is 2. The van der Waals surface area contributed by atoms with Crippen LogP contribution >= 0.6 is 11.8 Å². The monoisotopic (exact) mass is 359 g/mol. The molecule has 0 radical (unpaired) electrons. The lowest BCUT2D eigenvalue weighted by Crippen LogP contribution is -2.25. The lowest BCUT2D eigenvalue weighted by Gasteiger charge is -2.16. The number of amides is 1. The van der Waals surface area contributed by atoms with Crippen LogP contribution in [0.2, 0.25) is 0 Å². The molecule has 0 fully saturated rings. The van der Waals surface area contributed by atoms with Crippen LogP contribution in [0.25, 0.3) is 0 Å². The van der Waals surface area contributed by atoms with Crippen molar-refractivity contribution in [2.45, 2.75) is 38.4 Å². The van der Waals surface area contributed by atoms with Gasteiger partial charge in [-0.15, -0.1) is 0 Å². The van der Waals surface area contributed by atoms with Gasteiger partial charge in [0.15, 0.2) is 5.16 Å². The molecule has 0 aromatic carbocycles. The molecule has 7 heteroatoms. The average Bonchev–Trinajstić information content (AvgIpc) is 2.59. The van der Waals surface area contributed by atoms with Gasteiger partial charge in [-0.25, -0.2) is 15.0 Å². The van der Waals surface area contributed by atoms with Gasteiger partial charge in [-0.2, -0.15) is 0 Å². The maximum atomic E-state index is 12.2. The van der Waals surface area contributed by atoms with Crippen LogP contribution in [0, 0.1) is 13.8 Å². The number of thioether (sulfide) groups is 1. The molecule has 6 nitrogen and oxygen atoms in total. The Morgan fingerprint density at radius 3 is 2.52 bits per heavy atom. The molecule has 1 amide bonds. The molecule has 2 rings (SSSR count). The molecule has 0 saturated carbocycles. The Balaban J connectivity index is 1.94. The van der Waals surface area contributed by atoms with Gasteiger partial charge in [0.1, 0.15) is 5.82 Å². The molecular formula is C18H25N5OS. The highest BCUT2D eigenvalue weighted by Crippen LogP contribution is 2.17. The highest BCUT2D eigenvalue weighted by atomic mass is 32.2. The second-order valence-electron chi connectivity index (χ2n) is 6.02. The standard InChI is InChI=1S/C18H25N5OS/c1-12-15(13(2)22-18(21-12)25-5)8-9-16(24)20-11-14-7-6-10-19-17(14)23(3)4/h6-7,10H,8-9,11H2,1-5H3,(H,20,24). The Hall–Kier alpha value is -2.15. The number of carbonyl (C=O) groups excluding carboxylic acids is 1. The second-order valence-corrected chi connectivity index (χ2v) is 6.79.